The van der Waals surface area contributed by atoms with E-state index >= 15 is 0 Å². The van der Waals surface area contributed by atoms with Crippen LogP contribution < -0.4 is 15.1 Å². The van der Waals surface area contributed by atoms with E-state index in [1.807, 2.05) is 43.3 Å². The van der Waals surface area contributed by atoms with E-state index in [-0.39, 0.29) is 5.91 Å². The fourth-order valence-corrected chi connectivity index (χ4v) is 3.25. The zero-order valence-corrected chi connectivity index (χ0v) is 16.3. The van der Waals surface area contributed by atoms with E-state index in [1.54, 1.807) is 18.5 Å². The highest BCUT2D eigenvalue weighted by atomic mass is 16.1. The molecule has 0 unspecified atom stereocenters. The number of carbonyl (C=O) groups excluding carboxylic acids is 1. The average molecular weight is 389 g/mol. The van der Waals surface area contributed by atoms with Gasteiger partial charge in [0.1, 0.15) is 11.5 Å². The second kappa shape index (κ2) is 8.64. The van der Waals surface area contributed by atoms with Crippen LogP contribution in [0.1, 0.15) is 21.9 Å². The minimum Gasteiger partial charge on any atom is -0.353 e. The summed E-state index contributed by atoms with van der Waals surface area (Å²) in [4.78, 5) is 34.6. The third-order valence-corrected chi connectivity index (χ3v) is 4.77. The van der Waals surface area contributed by atoms with Crippen LogP contribution in [-0.2, 0) is 6.54 Å². The quantitative estimate of drug-likeness (QED) is 0.712. The van der Waals surface area contributed by atoms with Crippen molar-refractivity contribution in [2.45, 2.75) is 13.5 Å². The van der Waals surface area contributed by atoms with Crippen molar-refractivity contribution in [3.8, 4) is 0 Å². The molecule has 3 aromatic heterocycles. The first-order valence-corrected chi connectivity index (χ1v) is 9.64. The average Bonchev–Trinajstić information content (AvgIpc) is 2.78. The van der Waals surface area contributed by atoms with Gasteiger partial charge in [-0.15, -0.1) is 0 Å². The van der Waals surface area contributed by atoms with Gasteiger partial charge >= 0.3 is 0 Å². The molecule has 3 aromatic rings. The van der Waals surface area contributed by atoms with Crippen LogP contribution in [0.4, 0.5) is 11.8 Å². The Balaban J connectivity index is 1.41. The van der Waals surface area contributed by atoms with Gasteiger partial charge in [-0.2, -0.15) is 0 Å². The van der Waals surface area contributed by atoms with Gasteiger partial charge in [-0.25, -0.2) is 15.0 Å². The Morgan fingerprint density at radius 2 is 1.69 bits per heavy atom. The minimum atomic E-state index is -0.227. The van der Waals surface area contributed by atoms with Gasteiger partial charge in [-0.3, -0.25) is 9.78 Å². The number of hydrogen-bond donors (Lipinski definition) is 1. The Kier molecular flexibility index (Phi) is 5.60. The number of rotatable bonds is 5. The predicted octanol–water partition coefficient (Wildman–Crippen LogP) is 1.83. The number of aryl methyl sites for hydroxylation is 1. The molecule has 0 bridgehead atoms. The summed E-state index contributed by atoms with van der Waals surface area (Å²) in [6, 6.07) is 13.3. The molecule has 0 spiro atoms. The Morgan fingerprint density at radius 3 is 2.38 bits per heavy atom. The van der Waals surface area contributed by atoms with Crippen LogP contribution in [0, 0.1) is 6.92 Å². The molecule has 1 saturated heterocycles. The standard InChI is InChI=1S/C21H23N7O/c1-16-14-18(20(29)24-15-17-6-2-4-8-22-17)26-21(25-16)28-12-10-27(11-13-28)19-7-3-5-9-23-19/h2-9,14H,10-13,15H2,1H3,(H,24,29). The summed E-state index contributed by atoms with van der Waals surface area (Å²) in [6.45, 7) is 5.45. The predicted molar refractivity (Wildman–Crippen MR) is 111 cm³/mol. The molecule has 1 fully saturated rings. The lowest BCUT2D eigenvalue weighted by molar-refractivity contribution is 0.0945. The fraction of sp³-hybridized carbons (Fsp3) is 0.286. The Bertz CT molecular complexity index is 957. The minimum absolute atomic E-state index is 0.227. The van der Waals surface area contributed by atoms with Gasteiger partial charge in [0.2, 0.25) is 5.95 Å². The van der Waals surface area contributed by atoms with Crippen LogP contribution >= 0.6 is 0 Å². The molecular formula is C21H23N7O. The summed E-state index contributed by atoms with van der Waals surface area (Å²) in [7, 11) is 0. The number of nitrogens with one attached hydrogen (secondary N) is 1. The van der Waals surface area contributed by atoms with Gasteiger partial charge in [-0.1, -0.05) is 12.1 Å². The highest BCUT2D eigenvalue weighted by Crippen LogP contribution is 2.17. The summed E-state index contributed by atoms with van der Waals surface area (Å²) in [5.74, 6) is 1.34. The summed E-state index contributed by atoms with van der Waals surface area (Å²) >= 11 is 0. The molecule has 1 amide bonds. The molecule has 0 atom stereocenters. The lowest BCUT2D eigenvalue weighted by atomic mass is 10.3. The molecule has 0 aliphatic carbocycles. The first kappa shape index (κ1) is 18.8. The van der Waals surface area contributed by atoms with Crippen LogP contribution in [0.25, 0.3) is 0 Å². The molecule has 1 N–H and O–H groups in total. The highest BCUT2D eigenvalue weighted by molar-refractivity contribution is 5.92. The maximum absolute atomic E-state index is 12.6. The second-order valence-corrected chi connectivity index (χ2v) is 6.86. The Labute approximate surface area is 169 Å². The van der Waals surface area contributed by atoms with Gasteiger partial charge < -0.3 is 15.1 Å². The Hall–Kier alpha value is -3.55. The van der Waals surface area contributed by atoms with Crippen LogP contribution in [-0.4, -0.2) is 52.0 Å². The zero-order chi connectivity index (χ0) is 20.1. The number of nitrogens with zero attached hydrogens (tertiary/aromatic N) is 6. The summed E-state index contributed by atoms with van der Waals surface area (Å²) in [5, 5.41) is 2.87. The van der Waals surface area contributed by atoms with E-state index in [2.05, 4.69) is 35.1 Å². The lowest BCUT2D eigenvalue weighted by Crippen LogP contribution is -2.47. The van der Waals surface area contributed by atoms with Gasteiger partial charge in [0.15, 0.2) is 0 Å². The van der Waals surface area contributed by atoms with Gasteiger partial charge in [0, 0.05) is 44.3 Å². The van der Waals surface area contributed by atoms with Crippen molar-refractivity contribution in [3.05, 3.63) is 71.9 Å². The number of amides is 1. The van der Waals surface area contributed by atoms with Gasteiger partial charge in [0.05, 0.1) is 12.2 Å². The molecular weight excluding hydrogens is 366 g/mol. The van der Waals surface area contributed by atoms with Crippen LogP contribution in [0.3, 0.4) is 0 Å². The second-order valence-electron chi connectivity index (χ2n) is 6.86. The SMILES string of the molecule is Cc1cc(C(=O)NCc2ccccn2)nc(N2CCN(c3ccccn3)CC2)n1. The number of anilines is 2. The molecule has 8 nitrogen and oxygen atoms in total. The molecule has 4 heterocycles. The first-order valence-electron chi connectivity index (χ1n) is 9.64. The topological polar surface area (TPSA) is 87.1 Å². The first-order chi connectivity index (χ1) is 14.2. The van der Waals surface area contributed by atoms with Crippen LogP contribution in [0.15, 0.2) is 54.9 Å². The lowest BCUT2D eigenvalue weighted by Gasteiger charge is -2.35. The van der Waals surface area contributed by atoms with Crippen LogP contribution in [0.2, 0.25) is 0 Å². The zero-order valence-electron chi connectivity index (χ0n) is 16.3. The molecule has 0 saturated carbocycles. The van der Waals surface area contributed by atoms with Crippen molar-refractivity contribution >= 4 is 17.7 Å². The van der Waals surface area contributed by atoms with Crippen molar-refractivity contribution in [1.29, 1.82) is 0 Å². The van der Waals surface area contributed by atoms with Crippen molar-refractivity contribution < 1.29 is 4.79 Å². The molecule has 0 radical (unpaired) electrons. The van der Waals surface area contributed by atoms with E-state index in [4.69, 9.17) is 0 Å². The number of pyridine rings is 2. The number of carbonyl (C=O) groups is 1. The van der Waals surface area contributed by atoms with E-state index < -0.39 is 0 Å². The Morgan fingerprint density at radius 1 is 0.966 bits per heavy atom. The monoisotopic (exact) mass is 389 g/mol. The normalized spacial score (nSPS) is 14.0. The number of hydrogen-bond acceptors (Lipinski definition) is 7. The summed E-state index contributed by atoms with van der Waals surface area (Å²) in [5.41, 5.74) is 1.94. The largest absolute Gasteiger partial charge is 0.353 e. The van der Waals surface area contributed by atoms with Crippen molar-refractivity contribution in [2.75, 3.05) is 36.0 Å². The molecule has 1 aliphatic heterocycles. The number of piperazine rings is 1. The maximum atomic E-state index is 12.6. The van der Waals surface area contributed by atoms with E-state index in [0.717, 1.165) is 43.4 Å². The van der Waals surface area contributed by atoms with E-state index in [9.17, 15) is 4.79 Å². The fourth-order valence-electron chi connectivity index (χ4n) is 3.25. The van der Waals surface area contributed by atoms with Crippen molar-refractivity contribution in [2.24, 2.45) is 0 Å². The van der Waals surface area contributed by atoms with E-state index in [1.165, 1.54) is 0 Å². The van der Waals surface area contributed by atoms with Crippen molar-refractivity contribution in [3.63, 3.8) is 0 Å². The third kappa shape index (κ3) is 4.66. The molecule has 148 valence electrons. The summed E-state index contributed by atoms with van der Waals surface area (Å²) in [6.07, 6.45) is 3.51. The van der Waals surface area contributed by atoms with Crippen LogP contribution in [0.5, 0.6) is 0 Å². The molecule has 0 aromatic carbocycles. The molecule has 4 rings (SSSR count). The summed E-state index contributed by atoms with van der Waals surface area (Å²) < 4.78 is 0. The maximum Gasteiger partial charge on any atom is 0.270 e. The smallest absolute Gasteiger partial charge is 0.270 e. The molecule has 29 heavy (non-hydrogen) atoms. The molecule has 8 heteroatoms. The highest BCUT2D eigenvalue weighted by Gasteiger charge is 2.21. The van der Waals surface area contributed by atoms with Gasteiger partial charge in [0.25, 0.3) is 5.91 Å². The van der Waals surface area contributed by atoms with E-state index in [0.29, 0.717) is 18.2 Å². The molecule has 1 aliphatic rings. The van der Waals surface area contributed by atoms with Gasteiger partial charge in [-0.05, 0) is 37.3 Å². The third-order valence-electron chi connectivity index (χ3n) is 4.77. The van der Waals surface area contributed by atoms with Crippen molar-refractivity contribution in [1.82, 2.24) is 25.3 Å². The number of aromatic nitrogens is 4.